The lowest BCUT2D eigenvalue weighted by Gasteiger charge is -2.43. The van der Waals surface area contributed by atoms with Crippen molar-refractivity contribution in [3.8, 4) is 0 Å². The second-order valence-corrected chi connectivity index (χ2v) is 20.7. The third-order valence-electron chi connectivity index (χ3n) is 7.19. The first-order valence-electron chi connectivity index (χ1n) is 18.5. The molecule has 0 aromatic heterocycles. The van der Waals surface area contributed by atoms with Crippen molar-refractivity contribution in [2.45, 2.75) is 215 Å². The summed E-state index contributed by atoms with van der Waals surface area (Å²) in [6, 6.07) is 1.84. The summed E-state index contributed by atoms with van der Waals surface area (Å²) >= 11 is 0. The molecule has 0 amide bonds. The zero-order chi connectivity index (χ0) is 33.6. The van der Waals surface area contributed by atoms with Crippen molar-refractivity contribution in [2.75, 3.05) is 19.8 Å². The normalized spacial score (nSPS) is 13.6. The van der Waals surface area contributed by atoms with Gasteiger partial charge in [-0.3, -0.25) is 0 Å². The third kappa shape index (κ3) is 25.3. The fourth-order valence-electron chi connectivity index (χ4n) is 5.77. The van der Waals surface area contributed by atoms with Crippen LogP contribution in [0.15, 0.2) is 0 Å². The molecule has 6 nitrogen and oxygen atoms in total. The Kier molecular flexibility index (Phi) is 23.6. The Morgan fingerprint density at radius 3 is 0.727 bits per heavy atom. The van der Waals surface area contributed by atoms with Gasteiger partial charge in [-0.2, -0.15) is 0 Å². The Morgan fingerprint density at radius 1 is 0.318 bits per heavy atom. The number of rotatable bonds is 28. The fourth-order valence-corrected chi connectivity index (χ4v) is 12.4. The smallest absolute Gasteiger partial charge is 0.374 e. The second-order valence-electron chi connectivity index (χ2n) is 15.5. The van der Waals surface area contributed by atoms with Gasteiger partial charge in [-0.25, -0.2) is 0 Å². The minimum absolute atomic E-state index is 0.295. The van der Waals surface area contributed by atoms with E-state index in [4.69, 9.17) is 26.6 Å². The van der Waals surface area contributed by atoms with E-state index in [1.165, 1.54) is 89.9 Å². The molecule has 0 radical (unpaired) electrons. The molecule has 0 spiro atoms. The molecule has 0 atom stereocenters. The molecule has 0 N–H and O–H groups in total. The number of hydrogen-bond acceptors (Lipinski definition) is 6. The molecule has 0 aromatic carbocycles. The van der Waals surface area contributed by atoms with Crippen molar-refractivity contribution in [1.29, 1.82) is 0 Å². The van der Waals surface area contributed by atoms with Crippen molar-refractivity contribution in [3.05, 3.63) is 0 Å². The minimum atomic E-state index is -2.84. The molecule has 0 saturated heterocycles. The molecule has 0 aliphatic rings. The van der Waals surface area contributed by atoms with Crippen LogP contribution < -0.4 is 0 Å². The highest BCUT2D eigenvalue weighted by Crippen LogP contribution is 2.33. The van der Waals surface area contributed by atoms with Gasteiger partial charge in [0, 0.05) is 31.9 Å². The molecule has 0 aliphatic carbocycles. The van der Waals surface area contributed by atoms with Crippen LogP contribution in [0.2, 0.25) is 12.1 Å². The van der Waals surface area contributed by atoms with E-state index in [9.17, 15) is 0 Å². The van der Waals surface area contributed by atoms with Crippen LogP contribution >= 0.6 is 0 Å². The van der Waals surface area contributed by atoms with Gasteiger partial charge in [-0.05, 0) is 95.9 Å². The van der Waals surface area contributed by atoms with Crippen molar-refractivity contribution in [1.82, 2.24) is 0 Å². The highest BCUT2D eigenvalue weighted by atomic mass is 28.4. The van der Waals surface area contributed by atoms with Crippen LogP contribution in [-0.4, -0.2) is 54.2 Å². The summed E-state index contributed by atoms with van der Waals surface area (Å²) in [5.74, 6) is 0. The zero-order valence-electron chi connectivity index (χ0n) is 31.8. The predicted octanol–water partition coefficient (Wildman–Crippen LogP) is 11.7. The van der Waals surface area contributed by atoms with Gasteiger partial charge in [-0.1, -0.05) is 89.9 Å². The van der Waals surface area contributed by atoms with E-state index in [-0.39, 0.29) is 16.8 Å². The van der Waals surface area contributed by atoms with Crippen LogP contribution in [-0.2, 0) is 26.6 Å². The summed E-state index contributed by atoms with van der Waals surface area (Å²) in [5.41, 5.74) is -0.886. The maximum Gasteiger partial charge on any atom is 0.502 e. The minimum Gasteiger partial charge on any atom is -0.374 e. The SMILES string of the molecule is CCO[Si](CCCCCCCCCCCCCCCCCC[Si](OC(C)(C)C)(OC(C)(C)C)OC(C)(C)C)(OCC)OCC. The fraction of sp³-hybridized carbons (Fsp3) is 1.00. The van der Waals surface area contributed by atoms with E-state index in [1.807, 2.05) is 20.8 Å². The molecule has 0 saturated carbocycles. The number of unbranched alkanes of at least 4 members (excludes halogenated alkanes) is 15. The van der Waals surface area contributed by atoms with Gasteiger partial charge >= 0.3 is 17.6 Å². The average Bonchev–Trinajstić information content (AvgIpc) is 2.85. The Bertz CT molecular complexity index is 611. The zero-order valence-corrected chi connectivity index (χ0v) is 33.8. The second kappa shape index (κ2) is 23.5. The van der Waals surface area contributed by atoms with Crippen LogP contribution in [0.4, 0.5) is 0 Å². The molecule has 8 heteroatoms. The maximum atomic E-state index is 6.62. The lowest BCUT2D eigenvalue weighted by Crippen LogP contribution is -2.57. The highest BCUT2D eigenvalue weighted by molar-refractivity contribution is 6.61. The van der Waals surface area contributed by atoms with Crippen molar-refractivity contribution < 1.29 is 26.6 Å². The molecule has 0 rings (SSSR count). The summed E-state index contributed by atoms with van der Waals surface area (Å²) < 4.78 is 37.8. The largest absolute Gasteiger partial charge is 0.502 e. The van der Waals surface area contributed by atoms with Crippen LogP contribution in [0.3, 0.4) is 0 Å². The molecular weight excluding hydrogens is 585 g/mol. The Balaban J connectivity index is 4.00. The summed E-state index contributed by atoms with van der Waals surface area (Å²) in [7, 11) is -5.28. The van der Waals surface area contributed by atoms with E-state index in [0.29, 0.717) is 19.8 Å². The lowest BCUT2D eigenvalue weighted by atomic mass is 10.0. The van der Waals surface area contributed by atoms with Crippen molar-refractivity contribution in [3.63, 3.8) is 0 Å². The van der Waals surface area contributed by atoms with E-state index < -0.39 is 17.6 Å². The molecule has 0 bridgehead atoms. The first-order chi connectivity index (χ1) is 20.5. The molecule has 266 valence electrons. The van der Waals surface area contributed by atoms with Gasteiger partial charge in [0.25, 0.3) is 0 Å². The summed E-state index contributed by atoms with van der Waals surface area (Å²) in [6.45, 7) is 27.1. The maximum absolute atomic E-state index is 6.62. The first kappa shape index (κ1) is 44.2. The van der Waals surface area contributed by atoms with Gasteiger partial charge in [0.2, 0.25) is 0 Å². The monoisotopic (exact) mass is 663 g/mol. The van der Waals surface area contributed by atoms with Crippen LogP contribution in [0.25, 0.3) is 0 Å². The Labute approximate surface area is 278 Å². The third-order valence-corrected chi connectivity index (χ3v) is 14.1. The lowest BCUT2D eigenvalue weighted by molar-refractivity contribution is -0.0755. The Morgan fingerprint density at radius 2 is 0.523 bits per heavy atom. The van der Waals surface area contributed by atoms with Gasteiger partial charge in [0.05, 0.1) is 16.8 Å². The van der Waals surface area contributed by atoms with Gasteiger partial charge < -0.3 is 26.6 Å². The molecule has 0 aromatic rings. The van der Waals surface area contributed by atoms with Crippen molar-refractivity contribution >= 4 is 17.6 Å². The van der Waals surface area contributed by atoms with Gasteiger partial charge in [0.15, 0.2) is 0 Å². The quantitative estimate of drug-likeness (QED) is 0.0614. The van der Waals surface area contributed by atoms with E-state index in [1.54, 1.807) is 0 Å². The van der Waals surface area contributed by atoms with Crippen LogP contribution in [0.5, 0.6) is 0 Å². The van der Waals surface area contributed by atoms with E-state index in [2.05, 4.69) is 62.3 Å². The summed E-state index contributed by atoms with van der Waals surface area (Å²) in [4.78, 5) is 0. The van der Waals surface area contributed by atoms with Crippen molar-refractivity contribution in [2.24, 2.45) is 0 Å². The Hall–Kier alpha value is 0.194. The standard InChI is InChI=1S/C36H78O6Si2/c1-13-37-43(38-14-2,39-15-3)32-30-28-26-24-22-20-18-16-17-19-21-23-25-27-29-31-33-44(40-34(4,5)6,41-35(7,8)9)42-36(10,11)12/h13-33H2,1-12H3. The molecule has 44 heavy (non-hydrogen) atoms. The van der Waals surface area contributed by atoms with Crippen LogP contribution in [0, 0.1) is 0 Å². The van der Waals surface area contributed by atoms with Crippen LogP contribution in [0.1, 0.15) is 186 Å². The molecular formula is C36H78O6Si2. The average molecular weight is 663 g/mol. The summed E-state index contributed by atoms with van der Waals surface area (Å²) in [5, 5.41) is 0. The predicted molar refractivity (Wildman–Crippen MR) is 192 cm³/mol. The first-order valence-corrected chi connectivity index (χ1v) is 22.4. The number of hydrogen-bond donors (Lipinski definition) is 0. The molecule has 0 fully saturated rings. The molecule has 0 unspecified atom stereocenters. The van der Waals surface area contributed by atoms with E-state index >= 15 is 0 Å². The summed E-state index contributed by atoms with van der Waals surface area (Å²) in [6.07, 6.45) is 21.1. The topological polar surface area (TPSA) is 55.4 Å². The van der Waals surface area contributed by atoms with E-state index in [0.717, 1.165) is 24.9 Å². The molecule has 0 heterocycles. The highest BCUT2D eigenvalue weighted by Gasteiger charge is 2.49. The molecule has 0 aliphatic heterocycles. The van der Waals surface area contributed by atoms with Gasteiger partial charge in [-0.15, -0.1) is 0 Å². The van der Waals surface area contributed by atoms with Gasteiger partial charge in [0.1, 0.15) is 0 Å².